The number of amides is 1. The van der Waals surface area contributed by atoms with Crippen molar-refractivity contribution < 1.29 is 28.6 Å². The monoisotopic (exact) mass is 423 g/mol. The summed E-state index contributed by atoms with van der Waals surface area (Å²) in [6.45, 7) is -0.260. The molecule has 1 aliphatic rings. The number of carbonyl (C=O) groups excluding carboxylic acids is 3. The van der Waals surface area contributed by atoms with E-state index < -0.39 is 23.8 Å². The highest BCUT2D eigenvalue weighted by atomic mass is 35.5. The molecule has 0 saturated heterocycles. The molecule has 3 rings (SSSR count). The predicted molar refractivity (Wildman–Crippen MR) is 104 cm³/mol. The van der Waals surface area contributed by atoms with Gasteiger partial charge in [0.05, 0.1) is 25.7 Å². The number of ether oxygens (including phenoxy) is 3. The maximum atomic E-state index is 12.3. The average Bonchev–Trinajstić information content (AvgIpc) is 3.24. The standard InChI is InChI=1S/C19H18ClNO6S/c1-25-18(23)12-6-7-13-15(12)16(19(24)26-2)17(28-13)21-14(22)9-27-11-5-3-4-10(20)8-11/h3-5,8,12H,6-7,9H2,1-2H3,(H,21,22). The Bertz CT molecular complexity index is 925. The van der Waals surface area contributed by atoms with Gasteiger partial charge < -0.3 is 19.5 Å². The molecule has 0 radical (unpaired) electrons. The first-order chi connectivity index (χ1) is 13.4. The van der Waals surface area contributed by atoms with Crippen molar-refractivity contribution in [1.29, 1.82) is 0 Å². The predicted octanol–water partition coefficient (Wildman–Crippen LogP) is 3.41. The topological polar surface area (TPSA) is 90.9 Å². The first kappa shape index (κ1) is 20.2. The Balaban J connectivity index is 1.79. The Morgan fingerprint density at radius 2 is 2.04 bits per heavy atom. The molecule has 1 aromatic carbocycles. The minimum atomic E-state index is -0.612. The largest absolute Gasteiger partial charge is 0.484 e. The molecule has 1 heterocycles. The quantitative estimate of drug-likeness (QED) is 0.716. The lowest BCUT2D eigenvalue weighted by atomic mass is 9.99. The van der Waals surface area contributed by atoms with Gasteiger partial charge in [-0.25, -0.2) is 4.79 Å². The summed E-state index contributed by atoms with van der Waals surface area (Å²) in [7, 11) is 2.56. The van der Waals surface area contributed by atoms with E-state index >= 15 is 0 Å². The molecule has 0 spiro atoms. The number of benzene rings is 1. The van der Waals surface area contributed by atoms with Crippen LogP contribution in [0.4, 0.5) is 5.00 Å². The molecular weight excluding hydrogens is 406 g/mol. The van der Waals surface area contributed by atoms with E-state index in [2.05, 4.69) is 5.32 Å². The molecule has 0 bridgehead atoms. The van der Waals surface area contributed by atoms with Crippen molar-refractivity contribution in [1.82, 2.24) is 0 Å². The number of aryl methyl sites for hydroxylation is 1. The highest BCUT2D eigenvalue weighted by Gasteiger charge is 2.38. The van der Waals surface area contributed by atoms with Crippen molar-refractivity contribution in [2.75, 3.05) is 26.1 Å². The van der Waals surface area contributed by atoms with Crippen molar-refractivity contribution in [3.05, 3.63) is 45.3 Å². The summed E-state index contributed by atoms with van der Waals surface area (Å²) in [6.07, 6.45) is 1.18. The maximum Gasteiger partial charge on any atom is 0.341 e. The zero-order valence-electron chi connectivity index (χ0n) is 15.2. The molecular formula is C19H18ClNO6S. The van der Waals surface area contributed by atoms with Crippen LogP contribution in [0.2, 0.25) is 5.02 Å². The summed E-state index contributed by atoms with van der Waals surface area (Å²) in [6, 6.07) is 6.68. The fourth-order valence-corrected chi connectivity index (χ4v) is 4.57. The number of fused-ring (bicyclic) bond motifs is 1. The van der Waals surface area contributed by atoms with Gasteiger partial charge in [-0.1, -0.05) is 17.7 Å². The number of thiophene rings is 1. The highest BCUT2D eigenvalue weighted by molar-refractivity contribution is 7.17. The third kappa shape index (κ3) is 4.13. The molecule has 2 aromatic rings. The first-order valence-electron chi connectivity index (χ1n) is 8.44. The molecule has 9 heteroatoms. The summed E-state index contributed by atoms with van der Waals surface area (Å²) in [5.41, 5.74) is 0.779. The van der Waals surface area contributed by atoms with Crippen molar-refractivity contribution >= 4 is 45.8 Å². The van der Waals surface area contributed by atoms with Crippen LogP contribution in [0.25, 0.3) is 0 Å². The normalized spacial score (nSPS) is 14.9. The zero-order chi connectivity index (χ0) is 20.3. The molecule has 1 aromatic heterocycles. The number of halogens is 1. The SMILES string of the molecule is COC(=O)c1c(NC(=O)COc2cccc(Cl)c2)sc2c1C(C(=O)OC)CC2. The second-order valence-electron chi connectivity index (χ2n) is 6.04. The smallest absolute Gasteiger partial charge is 0.341 e. The van der Waals surface area contributed by atoms with Gasteiger partial charge in [-0.3, -0.25) is 9.59 Å². The minimum absolute atomic E-state index is 0.200. The van der Waals surface area contributed by atoms with Gasteiger partial charge in [0, 0.05) is 9.90 Å². The number of hydrogen-bond acceptors (Lipinski definition) is 7. The summed E-state index contributed by atoms with van der Waals surface area (Å²) in [4.78, 5) is 37.6. The van der Waals surface area contributed by atoms with Crippen LogP contribution in [0.15, 0.2) is 24.3 Å². The fourth-order valence-electron chi connectivity index (χ4n) is 3.10. The number of methoxy groups -OCH3 is 2. The van der Waals surface area contributed by atoms with Gasteiger partial charge in [-0.05, 0) is 36.6 Å². The van der Waals surface area contributed by atoms with E-state index in [0.717, 1.165) is 4.88 Å². The van der Waals surface area contributed by atoms with Crippen molar-refractivity contribution in [3.8, 4) is 5.75 Å². The van der Waals surface area contributed by atoms with Crippen LogP contribution in [0.3, 0.4) is 0 Å². The van der Waals surface area contributed by atoms with Crippen LogP contribution in [0, 0.1) is 0 Å². The van der Waals surface area contributed by atoms with Gasteiger partial charge in [0.15, 0.2) is 6.61 Å². The fraction of sp³-hybridized carbons (Fsp3) is 0.316. The van der Waals surface area contributed by atoms with E-state index in [1.165, 1.54) is 25.6 Å². The molecule has 0 saturated carbocycles. The van der Waals surface area contributed by atoms with Gasteiger partial charge in [0.2, 0.25) is 0 Å². The summed E-state index contributed by atoms with van der Waals surface area (Å²) in [5, 5.41) is 3.52. The molecule has 1 unspecified atom stereocenters. The Kier molecular flexibility index (Phi) is 6.21. The molecule has 1 atom stereocenters. The number of nitrogens with one attached hydrogen (secondary N) is 1. The Morgan fingerprint density at radius 3 is 2.71 bits per heavy atom. The van der Waals surface area contributed by atoms with E-state index in [0.29, 0.717) is 34.2 Å². The Hall–Kier alpha value is -2.58. The van der Waals surface area contributed by atoms with Crippen LogP contribution in [0.5, 0.6) is 5.75 Å². The Morgan fingerprint density at radius 1 is 1.25 bits per heavy atom. The lowest BCUT2D eigenvalue weighted by Gasteiger charge is -2.12. The van der Waals surface area contributed by atoms with E-state index in [9.17, 15) is 14.4 Å². The van der Waals surface area contributed by atoms with Gasteiger partial charge in [0.1, 0.15) is 10.8 Å². The van der Waals surface area contributed by atoms with Gasteiger partial charge in [0.25, 0.3) is 5.91 Å². The third-order valence-electron chi connectivity index (χ3n) is 4.32. The number of rotatable bonds is 6. The molecule has 1 amide bonds. The molecule has 1 N–H and O–H groups in total. The van der Waals surface area contributed by atoms with Gasteiger partial charge >= 0.3 is 11.9 Å². The third-order valence-corrected chi connectivity index (χ3v) is 5.74. The molecule has 1 aliphatic carbocycles. The van der Waals surface area contributed by atoms with Gasteiger partial charge in [-0.2, -0.15) is 0 Å². The van der Waals surface area contributed by atoms with Gasteiger partial charge in [-0.15, -0.1) is 11.3 Å². The van der Waals surface area contributed by atoms with E-state index in [1.54, 1.807) is 24.3 Å². The van der Waals surface area contributed by atoms with E-state index in [-0.39, 0.29) is 12.2 Å². The first-order valence-corrected chi connectivity index (χ1v) is 9.64. The van der Waals surface area contributed by atoms with Crippen molar-refractivity contribution in [2.45, 2.75) is 18.8 Å². The lowest BCUT2D eigenvalue weighted by Crippen LogP contribution is -2.22. The molecule has 148 valence electrons. The van der Waals surface area contributed by atoms with Crippen molar-refractivity contribution in [2.24, 2.45) is 0 Å². The molecule has 7 nitrogen and oxygen atoms in total. The lowest BCUT2D eigenvalue weighted by molar-refractivity contribution is -0.142. The number of hydrogen-bond donors (Lipinski definition) is 1. The summed E-state index contributed by atoms with van der Waals surface area (Å²) >= 11 is 7.15. The van der Waals surface area contributed by atoms with Crippen LogP contribution in [0.1, 0.15) is 33.1 Å². The molecule has 28 heavy (non-hydrogen) atoms. The number of anilines is 1. The van der Waals surface area contributed by atoms with Crippen LogP contribution >= 0.6 is 22.9 Å². The van der Waals surface area contributed by atoms with Crippen LogP contribution in [-0.4, -0.2) is 38.7 Å². The summed E-state index contributed by atoms with van der Waals surface area (Å²) < 4.78 is 15.1. The molecule has 0 aliphatic heterocycles. The van der Waals surface area contributed by atoms with Crippen LogP contribution in [-0.2, 0) is 25.5 Å². The number of carbonyl (C=O) groups is 3. The highest BCUT2D eigenvalue weighted by Crippen LogP contribution is 2.45. The zero-order valence-corrected chi connectivity index (χ0v) is 16.8. The maximum absolute atomic E-state index is 12.3. The second kappa shape index (κ2) is 8.62. The Labute approximate surface area is 170 Å². The average molecular weight is 424 g/mol. The van der Waals surface area contributed by atoms with E-state index in [4.69, 9.17) is 25.8 Å². The van der Waals surface area contributed by atoms with Crippen LogP contribution < -0.4 is 10.1 Å². The minimum Gasteiger partial charge on any atom is -0.484 e. The van der Waals surface area contributed by atoms with Crippen molar-refractivity contribution in [3.63, 3.8) is 0 Å². The second-order valence-corrected chi connectivity index (χ2v) is 7.58. The summed E-state index contributed by atoms with van der Waals surface area (Å²) in [5.74, 6) is -1.56. The number of esters is 2. The molecule has 0 fully saturated rings. The van der Waals surface area contributed by atoms with E-state index in [1.807, 2.05) is 0 Å².